The fourth-order valence-electron chi connectivity index (χ4n) is 3.25. The third-order valence-electron chi connectivity index (χ3n) is 4.67. The molecule has 0 spiro atoms. The summed E-state index contributed by atoms with van der Waals surface area (Å²) in [5.41, 5.74) is 0.655. The smallest absolute Gasteiger partial charge is 0.387 e. The molecule has 0 radical (unpaired) electrons. The molecule has 0 amide bonds. The van der Waals surface area contributed by atoms with Crippen LogP contribution in [0.4, 0.5) is 13.2 Å². The molecule has 156 valence electrons. The summed E-state index contributed by atoms with van der Waals surface area (Å²) in [7, 11) is 0. The van der Waals surface area contributed by atoms with Crippen LogP contribution < -0.4 is 4.74 Å². The molecule has 0 aromatic heterocycles. The first kappa shape index (κ1) is 21.1. The first-order chi connectivity index (χ1) is 13.5. The molecule has 0 bridgehead atoms. The normalized spacial score (nSPS) is 28.8. The summed E-state index contributed by atoms with van der Waals surface area (Å²) in [6, 6.07) is 3.94. The minimum absolute atomic E-state index is 0.00558. The van der Waals surface area contributed by atoms with E-state index in [1.807, 2.05) is 13.0 Å². The molecule has 0 saturated carbocycles. The molecular weight excluding hydrogens is 377 g/mol. The molecule has 2 fully saturated rings. The van der Waals surface area contributed by atoms with E-state index in [2.05, 4.69) is 10.8 Å². The molecule has 28 heavy (non-hydrogen) atoms. The zero-order chi connectivity index (χ0) is 19.9. The Hall–Kier alpha value is -1.61. The monoisotopic (exact) mass is 402 g/mol. The van der Waals surface area contributed by atoms with E-state index >= 15 is 0 Å². The third kappa shape index (κ3) is 5.94. The van der Waals surface area contributed by atoms with Gasteiger partial charge in [-0.1, -0.05) is 18.2 Å². The molecule has 0 unspecified atom stereocenters. The molecule has 8 heteroatoms. The standard InChI is InChI=1S/C20H25F3O5/c1-2-3-14-9-26-19(27-10-14)15-11-24-18(25-12-15)7-5-13-4-6-17(16(21)8-13)28-20(22)23/h2-4,6,8,14-15,18-20H,5,7,9-12H2,1H3. The molecule has 0 atom stereocenters. The second-order valence-corrected chi connectivity index (χ2v) is 6.86. The van der Waals surface area contributed by atoms with Gasteiger partial charge in [0.1, 0.15) is 0 Å². The number of benzene rings is 1. The van der Waals surface area contributed by atoms with E-state index in [0.717, 1.165) is 0 Å². The molecule has 1 aromatic carbocycles. The minimum atomic E-state index is -3.05. The van der Waals surface area contributed by atoms with Crippen LogP contribution in [0.15, 0.2) is 30.4 Å². The molecular formula is C20H25F3O5. The van der Waals surface area contributed by atoms with Crippen LogP contribution in [-0.2, 0) is 25.4 Å². The number of aryl methyl sites for hydroxylation is 1. The van der Waals surface area contributed by atoms with Gasteiger partial charge in [0, 0.05) is 12.3 Å². The first-order valence-corrected chi connectivity index (χ1v) is 9.37. The van der Waals surface area contributed by atoms with Crippen molar-refractivity contribution in [3.63, 3.8) is 0 Å². The molecule has 2 heterocycles. The van der Waals surface area contributed by atoms with Crippen molar-refractivity contribution in [1.29, 1.82) is 0 Å². The molecule has 3 rings (SSSR count). The molecule has 0 aliphatic carbocycles. The molecule has 0 N–H and O–H groups in total. The van der Waals surface area contributed by atoms with Crippen molar-refractivity contribution in [2.75, 3.05) is 26.4 Å². The quantitative estimate of drug-likeness (QED) is 0.647. The maximum Gasteiger partial charge on any atom is 0.387 e. The van der Waals surface area contributed by atoms with Gasteiger partial charge in [0.05, 0.1) is 32.3 Å². The summed E-state index contributed by atoms with van der Waals surface area (Å²) in [6.07, 6.45) is 4.32. The SMILES string of the molecule is CC=CC1COC(C2COC(CCc3ccc(OC(F)F)c(F)c3)OC2)OC1. The van der Waals surface area contributed by atoms with Crippen LogP contribution >= 0.6 is 0 Å². The van der Waals surface area contributed by atoms with Crippen LogP contribution in [0.2, 0.25) is 0 Å². The Morgan fingerprint density at radius 2 is 1.82 bits per heavy atom. The van der Waals surface area contributed by atoms with E-state index in [-0.39, 0.29) is 18.1 Å². The van der Waals surface area contributed by atoms with Crippen molar-refractivity contribution in [3.8, 4) is 5.75 Å². The van der Waals surface area contributed by atoms with Gasteiger partial charge in [0.25, 0.3) is 0 Å². The van der Waals surface area contributed by atoms with Crippen molar-refractivity contribution in [3.05, 3.63) is 41.7 Å². The predicted octanol–water partition coefficient (Wildman–Crippen LogP) is 3.91. The highest BCUT2D eigenvalue weighted by molar-refractivity contribution is 5.29. The van der Waals surface area contributed by atoms with Gasteiger partial charge in [-0.3, -0.25) is 0 Å². The maximum atomic E-state index is 13.8. The van der Waals surface area contributed by atoms with Crippen LogP contribution in [0.5, 0.6) is 5.75 Å². The van der Waals surface area contributed by atoms with Gasteiger partial charge in [-0.15, -0.1) is 0 Å². The second-order valence-electron chi connectivity index (χ2n) is 6.86. The highest BCUT2D eigenvalue weighted by Crippen LogP contribution is 2.25. The van der Waals surface area contributed by atoms with E-state index in [1.165, 1.54) is 12.1 Å². The first-order valence-electron chi connectivity index (χ1n) is 9.37. The largest absolute Gasteiger partial charge is 0.432 e. The summed E-state index contributed by atoms with van der Waals surface area (Å²) in [5.74, 6) is -0.995. The minimum Gasteiger partial charge on any atom is -0.432 e. The van der Waals surface area contributed by atoms with Crippen molar-refractivity contribution in [1.82, 2.24) is 0 Å². The topological polar surface area (TPSA) is 46.2 Å². The third-order valence-corrected chi connectivity index (χ3v) is 4.67. The highest BCUT2D eigenvalue weighted by atomic mass is 19.3. The van der Waals surface area contributed by atoms with Crippen molar-refractivity contribution < 1.29 is 36.9 Å². The molecule has 2 aliphatic rings. The van der Waals surface area contributed by atoms with Crippen LogP contribution in [0, 0.1) is 17.7 Å². The summed E-state index contributed by atoms with van der Waals surface area (Å²) < 4.78 is 65.2. The maximum absolute atomic E-state index is 13.8. The Labute approximate surface area is 162 Å². The van der Waals surface area contributed by atoms with Crippen LogP contribution in [0.3, 0.4) is 0 Å². The lowest BCUT2D eigenvalue weighted by molar-refractivity contribution is -0.278. The van der Waals surface area contributed by atoms with Gasteiger partial charge in [-0.05, 0) is 31.0 Å². The molecule has 2 saturated heterocycles. The number of allylic oxidation sites excluding steroid dienone is 1. The lowest BCUT2D eigenvalue weighted by Gasteiger charge is -2.37. The lowest BCUT2D eigenvalue weighted by Crippen LogP contribution is -2.44. The zero-order valence-electron chi connectivity index (χ0n) is 15.7. The number of halogens is 3. The number of ether oxygens (including phenoxy) is 5. The Bertz CT molecular complexity index is 639. The molecule has 2 aliphatic heterocycles. The summed E-state index contributed by atoms with van der Waals surface area (Å²) in [6.45, 7) is 1.06. The van der Waals surface area contributed by atoms with Crippen LogP contribution in [-0.4, -0.2) is 45.6 Å². The van der Waals surface area contributed by atoms with E-state index in [4.69, 9.17) is 18.9 Å². The van der Waals surface area contributed by atoms with Crippen LogP contribution in [0.1, 0.15) is 18.9 Å². The Balaban J connectivity index is 1.39. The predicted molar refractivity (Wildman–Crippen MR) is 94.5 cm³/mol. The van der Waals surface area contributed by atoms with Crippen molar-refractivity contribution >= 4 is 0 Å². The van der Waals surface area contributed by atoms with E-state index in [9.17, 15) is 13.2 Å². The summed E-state index contributed by atoms with van der Waals surface area (Å²) in [4.78, 5) is 0. The van der Waals surface area contributed by atoms with E-state index < -0.39 is 24.5 Å². The van der Waals surface area contributed by atoms with Crippen molar-refractivity contribution in [2.24, 2.45) is 11.8 Å². The van der Waals surface area contributed by atoms with Gasteiger partial charge in [0.15, 0.2) is 24.1 Å². The number of rotatable bonds is 7. The van der Waals surface area contributed by atoms with Gasteiger partial charge in [-0.25, -0.2) is 4.39 Å². The Morgan fingerprint density at radius 3 is 2.43 bits per heavy atom. The van der Waals surface area contributed by atoms with E-state index in [0.29, 0.717) is 44.8 Å². The molecule has 5 nitrogen and oxygen atoms in total. The van der Waals surface area contributed by atoms with Gasteiger partial charge in [0.2, 0.25) is 0 Å². The van der Waals surface area contributed by atoms with Gasteiger partial charge < -0.3 is 23.7 Å². The molecule has 1 aromatic rings. The lowest BCUT2D eigenvalue weighted by atomic mass is 10.1. The Morgan fingerprint density at radius 1 is 1.11 bits per heavy atom. The highest BCUT2D eigenvalue weighted by Gasteiger charge is 2.33. The number of hydrogen-bond donors (Lipinski definition) is 0. The number of alkyl halides is 2. The summed E-state index contributed by atoms with van der Waals surface area (Å²) >= 11 is 0. The average Bonchev–Trinajstić information content (AvgIpc) is 2.69. The van der Waals surface area contributed by atoms with Gasteiger partial charge in [-0.2, -0.15) is 8.78 Å². The van der Waals surface area contributed by atoms with Gasteiger partial charge >= 0.3 is 6.61 Å². The van der Waals surface area contributed by atoms with Crippen molar-refractivity contribution in [2.45, 2.75) is 39.0 Å². The zero-order valence-corrected chi connectivity index (χ0v) is 15.7. The fraction of sp³-hybridized carbons (Fsp3) is 0.600. The van der Waals surface area contributed by atoms with E-state index in [1.54, 1.807) is 6.07 Å². The summed E-state index contributed by atoms with van der Waals surface area (Å²) in [5, 5.41) is 0. The fourth-order valence-corrected chi connectivity index (χ4v) is 3.25. The average molecular weight is 402 g/mol. The second kappa shape index (κ2) is 10.2. The Kier molecular flexibility index (Phi) is 7.73. The number of hydrogen-bond acceptors (Lipinski definition) is 5. The van der Waals surface area contributed by atoms with Crippen LogP contribution in [0.25, 0.3) is 0 Å².